The Morgan fingerprint density at radius 3 is 2.36 bits per heavy atom. The number of ether oxygens (including phenoxy) is 1. The van der Waals surface area contributed by atoms with Crippen LogP contribution in [0.1, 0.15) is 36.0 Å². The van der Waals surface area contributed by atoms with Gasteiger partial charge in [0.1, 0.15) is 10.6 Å². The smallest absolute Gasteiger partial charge is 0.345 e. The molecule has 1 heterocycles. The highest BCUT2D eigenvalue weighted by Crippen LogP contribution is 2.24. The number of methoxy groups -OCH3 is 1. The molecule has 0 aliphatic rings. The Morgan fingerprint density at radius 2 is 1.86 bits per heavy atom. The maximum Gasteiger partial charge on any atom is 0.345 e. The van der Waals surface area contributed by atoms with E-state index in [1.165, 1.54) is 6.07 Å². The van der Waals surface area contributed by atoms with Gasteiger partial charge in [-0.2, -0.15) is 0 Å². The third kappa shape index (κ3) is 3.46. The van der Waals surface area contributed by atoms with Crippen LogP contribution >= 0.6 is 11.3 Å². The second-order valence-corrected chi connectivity index (χ2v) is 6.07. The van der Waals surface area contributed by atoms with Crippen LogP contribution in [0.25, 0.3) is 0 Å². The predicted octanol–water partition coefficient (Wildman–Crippen LogP) is 3.00. The van der Waals surface area contributed by atoms with Crippen LogP contribution in [-0.2, 0) is 6.54 Å². The Hall–Kier alpha value is -2.34. The summed E-state index contributed by atoms with van der Waals surface area (Å²) in [6, 6.07) is 6.80. The highest BCUT2D eigenvalue weighted by Gasteiger charge is 2.12. The summed E-state index contributed by atoms with van der Waals surface area (Å²) in [7, 11) is 1.60. The summed E-state index contributed by atoms with van der Waals surface area (Å²) in [5, 5.41) is 11.7. The highest BCUT2D eigenvalue weighted by molar-refractivity contribution is 7.13. The molecule has 0 saturated carbocycles. The standard InChI is InChI=1S/C16H17NO4S/c1-9-6-11(7-10(2)14(9)21-3)15(18)17-8-12-4-5-13(22-12)16(19)20/h4-7H,8H2,1-3H3,(H,17,18)(H,19,20). The fourth-order valence-electron chi connectivity index (χ4n) is 2.26. The van der Waals surface area contributed by atoms with E-state index in [4.69, 9.17) is 9.84 Å². The topological polar surface area (TPSA) is 75.6 Å². The van der Waals surface area contributed by atoms with Crippen molar-refractivity contribution in [3.05, 3.63) is 50.7 Å². The number of carbonyl (C=O) groups excluding carboxylic acids is 1. The number of carboxylic acid groups (broad SMARTS) is 1. The molecule has 0 spiro atoms. The number of amides is 1. The van der Waals surface area contributed by atoms with Crippen molar-refractivity contribution in [3.8, 4) is 5.75 Å². The van der Waals surface area contributed by atoms with Gasteiger partial charge >= 0.3 is 5.97 Å². The Balaban J connectivity index is 2.07. The van der Waals surface area contributed by atoms with Gasteiger partial charge in [0, 0.05) is 10.4 Å². The van der Waals surface area contributed by atoms with Gasteiger partial charge in [-0.1, -0.05) is 0 Å². The monoisotopic (exact) mass is 319 g/mol. The third-order valence-electron chi connectivity index (χ3n) is 3.22. The quantitative estimate of drug-likeness (QED) is 0.888. The number of thiophene rings is 1. The molecule has 5 nitrogen and oxygen atoms in total. The summed E-state index contributed by atoms with van der Waals surface area (Å²) in [5.74, 6) is -0.371. The first-order chi connectivity index (χ1) is 10.4. The number of hydrogen-bond acceptors (Lipinski definition) is 4. The lowest BCUT2D eigenvalue weighted by molar-refractivity contribution is 0.0702. The van der Waals surface area contributed by atoms with Crippen molar-refractivity contribution in [2.45, 2.75) is 20.4 Å². The molecule has 1 amide bonds. The van der Waals surface area contributed by atoms with E-state index < -0.39 is 5.97 Å². The predicted molar refractivity (Wildman–Crippen MR) is 84.9 cm³/mol. The molecule has 116 valence electrons. The molecule has 2 aromatic rings. The van der Waals surface area contributed by atoms with E-state index in [1.807, 2.05) is 13.8 Å². The summed E-state index contributed by atoms with van der Waals surface area (Å²) in [4.78, 5) is 24.1. The fourth-order valence-corrected chi connectivity index (χ4v) is 3.05. The van der Waals surface area contributed by atoms with Crippen LogP contribution in [0.2, 0.25) is 0 Å². The van der Waals surface area contributed by atoms with Gasteiger partial charge < -0.3 is 15.2 Å². The largest absolute Gasteiger partial charge is 0.496 e. The summed E-state index contributed by atoms with van der Waals surface area (Å²) in [6.45, 7) is 4.09. The normalized spacial score (nSPS) is 10.3. The van der Waals surface area contributed by atoms with Crippen molar-refractivity contribution in [3.63, 3.8) is 0 Å². The number of aromatic carboxylic acids is 1. The molecule has 6 heteroatoms. The second-order valence-electron chi connectivity index (χ2n) is 4.90. The third-order valence-corrected chi connectivity index (χ3v) is 4.30. The van der Waals surface area contributed by atoms with E-state index in [9.17, 15) is 9.59 Å². The van der Waals surface area contributed by atoms with E-state index in [0.29, 0.717) is 12.1 Å². The van der Waals surface area contributed by atoms with Crippen LogP contribution < -0.4 is 10.1 Å². The Labute approximate surface area is 132 Å². The molecule has 0 radical (unpaired) electrons. The summed E-state index contributed by atoms with van der Waals surface area (Å²) < 4.78 is 5.28. The second kappa shape index (κ2) is 6.62. The first kappa shape index (κ1) is 16.0. The first-order valence-corrected chi connectivity index (χ1v) is 7.49. The SMILES string of the molecule is COc1c(C)cc(C(=O)NCc2ccc(C(=O)O)s2)cc1C. The first-order valence-electron chi connectivity index (χ1n) is 6.67. The Bertz CT molecular complexity index is 698. The van der Waals surface area contributed by atoms with Gasteiger partial charge in [0.25, 0.3) is 5.91 Å². The van der Waals surface area contributed by atoms with Crippen LogP contribution in [0, 0.1) is 13.8 Å². The van der Waals surface area contributed by atoms with Crippen molar-refractivity contribution < 1.29 is 19.4 Å². The zero-order valence-corrected chi connectivity index (χ0v) is 13.4. The average Bonchev–Trinajstić information content (AvgIpc) is 2.93. The van der Waals surface area contributed by atoms with Gasteiger partial charge in [-0.3, -0.25) is 4.79 Å². The van der Waals surface area contributed by atoms with Crippen molar-refractivity contribution in [2.24, 2.45) is 0 Å². The number of hydrogen-bond donors (Lipinski definition) is 2. The number of carbonyl (C=O) groups is 2. The summed E-state index contributed by atoms with van der Waals surface area (Å²) in [6.07, 6.45) is 0. The molecule has 2 rings (SSSR count). The van der Waals surface area contributed by atoms with E-state index in [2.05, 4.69) is 5.32 Å². The number of carboxylic acids is 1. The Kier molecular flexibility index (Phi) is 4.82. The molecular weight excluding hydrogens is 302 g/mol. The van der Waals surface area contributed by atoms with Gasteiger partial charge in [-0.15, -0.1) is 11.3 Å². The zero-order chi connectivity index (χ0) is 16.3. The minimum atomic E-state index is -0.955. The maximum atomic E-state index is 12.2. The lowest BCUT2D eigenvalue weighted by Crippen LogP contribution is -2.22. The lowest BCUT2D eigenvalue weighted by atomic mass is 10.1. The molecule has 0 fully saturated rings. The van der Waals surface area contributed by atoms with E-state index in [0.717, 1.165) is 33.1 Å². The van der Waals surface area contributed by atoms with Gasteiger partial charge in [0.05, 0.1) is 13.7 Å². The fraction of sp³-hybridized carbons (Fsp3) is 0.250. The molecular formula is C16H17NO4S. The van der Waals surface area contributed by atoms with Crippen LogP contribution in [0.4, 0.5) is 0 Å². The van der Waals surface area contributed by atoms with Gasteiger partial charge in [0.2, 0.25) is 0 Å². The van der Waals surface area contributed by atoms with Gasteiger partial charge in [0.15, 0.2) is 0 Å². The van der Waals surface area contributed by atoms with Crippen LogP contribution in [0.3, 0.4) is 0 Å². The molecule has 0 saturated heterocycles. The number of nitrogens with one attached hydrogen (secondary N) is 1. The van der Waals surface area contributed by atoms with Crippen LogP contribution in [-0.4, -0.2) is 24.1 Å². The molecule has 22 heavy (non-hydrogen) atoms. The lowest BCUT2D eigenvalue weighted by Gasteiger charge is -2.11. The maximum absolute atomic E-state index is 12.2. The van der Waals surface area contributed by atoms with Gasteiger partial charge in [-0.25, -0.2) is 4.79 Å². The van der Waals surface area contributed by atoms with E-state index >= 15 is 0 Å². The average molecular weight is 319 g/mol. The van der Waals surface area contributed by atoms with Crippen LogP contribution in [0.15, 0.2) is 24.3 Å². The molecule has 0 aliphatic carbocycles. The molecule has 0 bridgehead atoms. The molecule has 1 aromatic heterocycles. The number of aryl methyl sites for hydroxylation is 2. The van der Waals surface area contributed by atoms with E-state index in [1.54, 1.807) is 25.3 Å². The molecule has 0 unspecified atom stereocenters. The molecule has 1 aromatic carbocycles. The minimum absolute atomic E-state index is 0.195. The van der Waals surface area contributed by atoms with Crippen molar-refractivity contribution >= 4 is 23.2 Å². The molecule has 2 N–H and O–H groups in total. The molecule has 0 atom stereocenters. The number of benzene rings is 1. The zero-order valence-electron chi connectivity index (χ0n) is 12.6. The summed E-state index contributed by atoms with van der Waals surface area (Å²) in [5.41, 5.74) is 2.36. The molecule has 0 aliphatic heterocycles. The number of rotatable bonds is 5. The Morgan fingerprint density at radius 1 is 1.23 bits per heavy atom. The van der Waals surface area contributed by atoms with Crippen molar-refractivity contribution in [1.29, 1.82) is 0 Å². The summed E-state index contributed by atoms with van der Waals surface area (Å²) >= 11 is 1.16. The highest BCUT2D eigenvalue weighted by atomic mass is 32.1. The van der Waals surface area contributed by atoms with Crippen molar-refractivity contribution in [1.82, 2.24) is 5.32 Å². The van der Waals surface area contributed by atoms with Crippen molar-refractivity contribution in [2.75, 3.05) is 7.11 Å². The minimum Gasteiger partial charge on any atom is -0.496 e. The van der Waals surface area contributed by atoms with E-state index in [-0.39, 0.29) is 10.8 Å². The van der Waals surface area contributed by atoms with Gasteiger partial charge in [-0.05, 0) is 49.2 Å². The van der Waals surface area contributed by atoms with Crippen LogP contribution in [0.5, 0.6) is 5.75 Å².